The zero-order chi connectivity index (χ0) is 15.6. The number of halogens is 4. The molecule has 0 saturated heterocycles. The number of carboxylic acid groups (broad SMARTS) is 1. The van der Waals surface area contributed by atoms with Crippen molar-refractivity contribution >= 4 is 58.4 Å². The lowest BCUT2D eigenvalue weighted by Crippen LogP contribution is -1.87. The molecular weight excluding hydrogens is 354 g/mol. The van der Waals surface area contributed by atoms with Crippen LogP contribution in [-0.4, -0.2) is 11.1 Å². The monoisotopic (exact) mass is 360 g/mol. The van der Waals surface area contributed by atoms with Crippen LogP contribution in [0, 0.1) is 0 Å². The van der Waals surface area contributed by atoms with Crippen LogP contribution in [0.2, 0.25) is 20.1 Å². The number of aliphatic carboxylic acids is 1. The normalized spacial score (nSPS) is 11.0. The van der Waals surface area contributed by atoms with Gasteiger partial charge in [0.05, 0.1) is 15.1 Å². The van der Waals surface area contributed by atoms with Crippen LogP contribution in [0.1, 0.15) is 5.56 Å². The topological polar surface area (TPSA) is 37.3 Å². The maximum Gasteiger partial charge on any atom is 0.328 e. The van der Waals surface area contributed by atoms with Crippen LogP contribution in [0.25, 0.3) is 17.2 Å². The smallest absolute Gasteiger partial charge is 0.328 e. The second-order valence-corrected chi connectivity index (χ2v) is 5.79. The van der Waals surface area contributed by atoms with Crippen molar-refractivity contribution in [1.29, 1.82) is 0 Å². The highest BCUT2D eigenvalue weighted by Crippen LogP contribution is 2.38. The molecule has 2 aromatic rings. The van der Waals surface area contributed by atoms with Gasteiger partial charge in [0, 0.05) is 22.2 Å². The van der Waals surface area contributed by atoms with E-state index in [-0.39, 0.29) is 0 Å². The Balaban J connectivity index is 2.56. The van der Waals surface area contributed by atoms with E-state index in [0.29, 0.717) is 36.8 Å². The van der Waals surface area contributed by atoms with Gasteiger partial charge in [-0.15, -0.1) is 0 Å². The lowest BCUT2D eigenvalue weighted by atomic mass is 10.0. The summed E-state index contributed by atoms with van der Waals surface area (Å²) in [6.07, 6.45) is 2.51. The van der Waals surface area contributed by atoms with Gasteiger partial charge in [-0.05, 0) is 35.9 Å². The summed E-state index contributed by atoms with van der Waals surface area (Å²) in [6.45, 7) is 0. The minimum absolute atomic E-state index is 0.350. The van der Waals surface area contributed by atoms with Gasteiger partial charge in [-0.2, -0.15) is 0 Å². The SMILES string of the molecule is O=C(O)/C=C/c1ccc(Cl)c(-c2cc(Cl)c(Cl)cc2Cl)c1. The van der Waals surface area contributed by atoms with Crippen LogP contribution in [-0.2, 0) is 4.79 Å². The molecule has 2 aromatic carbocycles. The second kappa shape index (κ2) is 6.71. The van der Waals surface area contributed by atoms with Gasteiger partial charge >= 0.3 is 5.97 Å². The van der Waals surface area contributed by atoms with E-state index in [0.717, 1.165) is 6.08 Å². The number of rotatable bonds is 3. The first-order valence-electron chi connectivity index (χ1n) is 5.74. The minimum Gasteiger partial charge on any atom is -0.478 e. The molecule has 2 nitrogen and oxygen atoms in total. The maximum atomic E-state index is 10.6. The summed E-state index contributed by atoms with van der Waals surface area (Å²) >= 11 is 24.3. The third-order valence-electron chi connectivity index (χ3n) is 2.71. The number of carboxylic acids is 1. The Labute approximate surface area is 141 Å². The molecular formula is C15H8Cl4O2. The van der Waals surface area contributed by atoms with Crippen molar-refractivity contribution in [1.82, 2.24) is 0 Å². The molecule has 2 rings (SSSR count). The van der Waals surface area contributed by atoms with Crippen molar-refractivity contribution in [3.63, 3.8) is 0 Å². The van der Waals surface area contributed by atoms with E-state index in [2.05, 4.69) is 0 Å². The largest absolute Gasteiger partial charge is 0.478 e. The Hall–Kier alpha value is -1.19. The molecule has 0 fully saturated rings. The van der Waals surface area contributed by atoms with Crippen molar-refractivity contribution in [2.24, 2.45) is 0 Å². The number of hydrogen-bond acceptors (Lipinski definition) is 1. The van der Waals surface area contributed by atoms with Gasteiger partial charge in [0.25, 0.3) is 0 Å². The second-order valence-electron chi connectivity index (χ2n) is 4.16. The highest BCUT2D eigenvalue weighted by molar-refractivity contribution is 6.44. The van der Waals surface area contributed by atoms with Gasteiger partial charge in [0.2, 0.25) is 0 Å². The van der Waals surface area contributed by atoms with Crippen LogP contribution < -0.4 is 0 Å². The van der Waals surface area contributed by atoms with Gasteiger partial charge in [0.15, 0.2) is 0 Å². The van der Waals surface area contributed by atoms with Crippen LogP contribution in [0.4, 0.5) is 0 Å². The summed E-state index contributed by atoms with van der Waals surface area (Å²) in [5.74, 6) is -1.03. The molecule has 0 atom stereocenters. The summed E-state index contributed by atoms with van der Waals surface area (Å²) in [4.78, 5) is 10.6. The van der Waals surface area contributed by atoms with Crippen LogP contribution in [0.3, 0.4) is 0 Å². The van der Waals surface area contributed by atoms with E-state index >= 15 is 0 Å². The molecule has 1 N–H and O–H groups in total. The summed E-state index contributed by atoms with van der Waals surface area (Å²) in [5, 5.41) is 10.3. The molecule has 0 aromatic heterocycles. The third kappa shape index (κ3) is 3.92. The highest BCUT2D eigenvalue weighted by atomic mass is 35.5. The molecule has 0 bridgehead atoms. The van der Waals surface area contributed by atoms with E-state index in [4.69, 9.17) is 51.5 Å². The van der Waals surface area contributed by atoms with Crippen LogP contribution in [0.5, 0.6) is 0 Å². The average Bonchev–Trinajstić information content (AvgIpc) is 2.42. The predicted molar refractivity (Wildman–Crippen MR) is 88.6 cm³/mol. The van der Waals surface area contributed by atoms with E-state index < -0.39 is 5.97 Å². The van der Waals surface area contributed by atoms with E-state index in [1.165, 1.54) is 12.1 Å². The molecule has 0 saturated carbocycles. The van der Waals surface area contributed by atoms with E-state index in [1.807, 2.05) is 0 Å². The fraction of sp³-hybridized carbons (Fsp3) is 0. The standard InChI is InChI=1S/C15H8Cl4O2/c16-11-3-1-8(2-4-15(20)21)5-9(11)10-6-13(18)14(19)7-12(10)17/h1-7H,(H,20,21)/b4-2+. The number of benzene rings is 2. The third-order valence-corrected chi connectivity index (χ3v) is 4.07. The van der Waals surface area contributed by atoms with Gasteiger partial charge in [-0.25, -0.2) is 4.79 Å². The fourth-order valence-corrected chi connectivity index (χ4v) is 2.62. The Bertz CT molecular complexity index is 739. The lowest BCUT2D eigenvalue weighted by molar-refractivity contribution is -0.131. The molecule has 0 amide bonds. The Morgan fingerprint density at radius 1 is 0.857 bits per heavy atom. The molecule has 0 aliphatic heterocycles. The van der Waals surface area contributed by atoms with Crippen molar-refractivity contribution < 1.29 is 9.90 Å². The van der Waals surface area contributed by atoms with Crippen LogP contribution in [0.15, 0.2) is 36.4 Å². The number of hydrogen-bond donors (Lipinski definition) is 1. The first-order valence-corrected chi connectivity index (χ1v) is 7.25. The van der Waals surface area contributed by atoms with Gasteiger partial charge in [-0.3, -0.25) is 0 Å². The molecule has 0 heterocycles. The Kier molecular flexibility index (Phi) is 5.17. The van der Waals surface area contributed by atoms with Crippen molar-refractivity contribution in [2.75, 3.05) is 0 Å². The van der Waals surface area contributed by atoms with Crippen molar-refractivity contribution in [2.45, 2.75) is 0 Å². The number of carbonyl (C=O) groups is 1. The van der Waals surface area contributed by atoms with Gasteiger partial charge in [-0.1, -0.05) is 52.5 Å². The highest BCUT2D eigenvalue weighted by Gasteiger charge is 2.11. The fourth-order valence-electron chi connectivity index (χ4n) is 1.75. The molecule has 6 heteroatoms. The first kappa shape index (κ1) is 16.2. The summed E-state index contributed by atoms with van der Waals surface area (Å²) in [5.41, 5.74) is 1.95. The van der Waals surface area contributed by atoms with Crippen molar-refractivity contribution in [3.8, 4) is 11.1 Å². The first-order chi connectivity index (χ1) is 9.88. The Morgan fingerprint density at radius 3 is 2.14 bits per heavy atom. The molecule has 0 aliphatic carbocycles. The summed E-state index contributed by atoms with van der Waals surface area (Å²) < 4.78 is 0. The minimum atomic E-state index is -1.03. The molecule has 108 valence electrons. The molecule has 0 aliphatic rings. The molecule has 21 heavy (non-hydrogen) atoms. The van der Waals surface area contributed by atoms with Crippen LogP contribution >= 0.6 is 46.4 Å². The molecule has 0 unspecified atom stereocenters. The Morgan fingerprint density at radius 2 is 1.48 bits per heavy atom. The average molecular weight is 362 g/mol. The summed E-state index contributed by atoms with van der Waals surface area (Å²) in [6, 6.07) is 8.26. The zero-order valence-electron chi connectivity index (χ0n) is 10.4. The zero-order valence-corrected chi connectivity index (χ0v) is 13.4. The van der Waals surface area contributed by atoms with Crippen molar-refractivity contribution in [3.05, 3.63) is 62.1 Å². The maximum absolute atomic E-state index is 10.6. The predicted octanol–water partition coefficient (Wildman–Crippen LogP) is 6.07. The van der Waals surface area contributed by atoms with E-state index in [1.54, 1.807) is 24.3 Å². The van der Waals surface area contributed by atoms with E-state index in [9.17, 15) is 4.79 Å². The quantitative estimate of drug-likeness (QED) is 0.532. The van der Waals surface area contributed by atoms with Gasteiger partial charge < -0.3 is 5.11 Å². The lowest BCUT2D eigenvalue weighted by Gasteiger charge is -2.10. The molecule has 0 radical (unpaired) electrons. The molecule has 0 spiro atoms. The van der Waals surface area contributed by atoms with Gasteiger partial charge in [0.1, 0.15) is 0 Å². The summed E-state index contributed by atoms with van der Waals surface area (Å²) in [7, 11) is 0.